The fourth-order valence-electron chi connectivity index (χ4n) is 3.25. The molecule has 2 aromatic rings. The molecule has 1 saturated heterocycles. The molecule has 0 saturated carbocycles. The maximum Gasteiger partial charge on any atom is 0.254 e. The van der Waals surface area contributed by atoms with Crippen LogP contribution >= 0.6 is 0 Å². The van der Waals surface area contributed by atoms with E-state index >= 15 is 0 Å². The zero-order valence-corrected chi connectivity index (χ0v) is 13.7. The quantitative estimate of drug-likeness (QED) is 0.867. The maximum atomic E-state index is 13.0. The van der Waals surface area contributed by atoms with E-state index in [-0.39, 0.29) is 17.8 Å². The van der Waals surface area contributed by atoms with Crippen LogP contribution in [-0.4, -0.2) is 42.1 Å². The smallest absolute Gasteiger partial charge is 0.254 e. The molecule has 3 rings (SSSR count). The summed E-state index contributed by atoms with van der Waals surface area (Å²) >= 11 is 0. The number of carbonyl (C=O) groups is 1. The highest BCUT2D eigenvalue weighted by Crippen LogP contribution is 2.25. The van der Waals surface area contributed by atoms with Crippen LogP contribution in [0.3, 0.4) is 0 Å². The number of piperidine rings is 1. The Labute approximate surface area is 141 Å². The molecule has 2 atom stereocenters. The van der Waals surface area contributed by atoms with Gasteiger partial charge in [0, 0.05) is 38.2 Å². The summed E-state index contributed by atoms with van der Waals surface area (Å²) in [6, 6.07) is 10.1. The third-order valence-corrected chi connectivity index (χ3v) is 4.62. The van der Waals surface area contributed by atoms with Crippen LogP contribution in [0, 0.1) is 11.7 Å². The molecule has 1 fully saturated rings. The van der Waals surface area contributed by atoms with Crippen LogP contribution in [0.1, 0.15) is 22.3 Å². The summed E-state index contributed by atoms with van der Waals surface area (Å²) < 4.78 is 18.7. The third kappa shape index (κ3) is 3.79. The van der Waals surface area contributed by atoms with Crippen LogP contribution in [0.2, 0.25) is 0 Å². The number of hydrogen-bond acceptors (Lipinski definition) is 3. The summed E-state index contributed by atoms with van der Waals surface area (Å²) in [5.41, 5.74) is 1.74. The molecule has 126 valence electrons. The Morgan fingerprint density at radius 1 is 1.25 bits per heavy atom. The SMILES string of the molecule is CO[C@@H]1CN(C(=O)c2ccncc2)CC[C@@H]1Cc1ccc(F)cc1. The number of carbonyl (C=O) groups excluding carboxylic acids is 1. The van der Waals surface area contributed by atoms with E-state index in [1.54, 1.807) is 31.6 Å². The van der Waals surface area contributed by atoms with Crippen molar-refractivity contribution in [1.82, 2.24) is 9.88 Å². The average molecular weight is 328 g/mol. The molecule has 1 amide bonds. The zero-order valence-electron chi connectivity index (χ0n) is 13.7. The molecular weight excluding hydrogens is 307 g/mol. The van der Waals surface area contributed by atoms with E-state index in [9.17, 15) is 9.18 Å². The predicted octanol–water partition coefficient (Wildman–Crippen LogP) is 2.94. The Bertz CT molecular complexity index is 676. The number of amides is 1. The van der Waals surface area contributed by atoms with Gasteiger partial charge in [0.2, 0.25) is 0 Å². The summed E-state index contributed by atoms with van der Waals surface area (Å²) in [6.45, 7) is 1.27. The van der Waals surface area contributed by atoms with Gasteiger partial charge in [0.25, 0.3) is 5.91 Å². The molecule has 1 aliphatic heterocycles. The minimum Gasteiger partial charge on any atom is -0.379 e. The van der Waals surface area contributed by atoms with Crippen LogP contribution in [0.4, 0.5) is 4.39 Å². The molecule has 0 aliphatic carbocycles. The lowest BCUT2D eigenvalue weighted by molar-refractivity contribution is -0.00697. The molecular formula is C19H21FN2O2. The molecule has 1 aromatic heterocycles. The van der Waals surface area contributed by atoms with Crippen molar-refractivity contribution in [3.63, 3.8) is 0 Å². The number of rotatable bonds is 4. The van der Waals surface area contributed by atoms with E-state index in [2.05, 4.69) is 4.98 Å². The van der Waals surface area contributed by atoms with Gasteiger partial charge in [0.15, 0.2) is 0 Å². The molecule has 0 unspecified atom stereocenters. The van der Waals surface area contributed by atoms with E-state index in [1.165, 1.54) is 12.1 Å². The number of nitrogens with zero attached hydrogens (tertiary/aromatic N) is 2. The number of benzene rings is 1. The van der Waals surface area contributed by atoms with Gasteiger partial charge in [0.05, 0.1) is 6.10 Å². The Morgan fingerprint density at radius 3 is 2.62 bits per heavy atom. The van der Waals surface area contributed by atoms with Gasteiger partial charge in [-0.25, -0.2) is 4.39 Å². The van der Waals surface area contributed by atoms with Gasteiger partial charge in [-0.15, -0.1) is 0 Å². The number of methoxy groups -OCH3 is 1. The maximum absolute atomic E-state index is 13.0. The van der Waals surface area contributed by atoms with Crippen molar-refractivity contribution in [2.45, 2.75) is 18.9 Å². The highest BCUT2D eigenvalue weighted by Gasteiger charge is 2.31. The minimum absolute atomic E-state index is 0.0136. The number of pyridine rings is 1. The number of halogens is 1. The fraction of sp³-hybridized carbons (Fsp3) is 0.368. The van der Waals surface area contributed by atoms with Crippen molar-refractivity contribution in [2.75, 3.05) is 20.2 Å². The molecule has 1 aliphatic rings. The van der Waals surface area contributed by atoms with Crippen molar-refractivity contribution < 1.29 is 13.9 Å². The summed E-state index contributed by atoms with van der Waals surface area (Å²) in [7, 11) is 1.68. The first-order valence-corrected chi connectivity index (χ1v) is 8.14. The van der Waals surface area contributed by atoms with E-state index in [4.69, 9.17) is 4.74 Å². The molecule has 2 heterocycles. The highest BCUT2D eigenvalue weighted by molar-refractivity contribution is 5.94. The lowest BCUT2D eigenvalue weighted by Gasteiger charge is -2.38. The largest absolute Gasteiger partial charge is 0.379 e. The summed E-state index contributed by atoms with van der Waals surface area (Å²) in [5.74, 6) is 0.112. The Hall–Kier alpha value is -2.27. The first-order valence-electron chi connectivity index (χ1n) is 8.14. The Balaban J connectivity index is 1.65. The minimum atomic E-state index is -0.222. The molecule has 5 heteroatoms. The van der Waals surface area contributed by atoms with Gasteiger partial charge in [-0.05, 0) is 48.6 Å². The van der Waals surface area contributed by atoms with Crippen LogP contribution in [0.5, 0.6) is 0 Å². The second-order valence-electron chi connectivity index (χ2n) is 6.14. The molecule has 0 N–H and O–H groups in total. The number of ether oxygens (including phenoxy) is 1. The monoisotopic (exact) mass is 328 g/mol. The van der Waals surface area contributed by atoms with Gasteiger partial charge in [-0.1, -0.05) is 12.1 Å². The van der Waals surface area contributed by atoms with Crippen molar-refractivity contribution in [2.24, 2.45) is 5.92 Å². The van der Waals surface area contributed by atoms with Gasteiger partial charge >= 0.3 is 0 Å². The Morgan fingerprint density at radius 2 is 1.96 bits per heavy atom. The van der Waals surface area contributed by atoms with Gasteiger partial charge in [-0.3, -0.25) is 9.78 Å². The van der Waals surface area contributed by atoms with Crippen molar-refractivity contribution in [1.29, 1.82) is 0 Å². The van der Waals surface area contributed by atoms with Crippen LogP contribution in [0.15, 0.2) is 48.8 Å². The molecule has 24 heavy (non-hydrogen) atoms. The normalized spacial score (nSPS) is 20.8. The van der Waals surface area contributed by atoms with Crippen molar-refractivity contribution >= 4 is 5.91 Å². The fourth-order valence-corrected chi connectivity index (χ4v) is 3.25. The number of aromatic nitrogens is 1. The number of hydrogen-bond donors (Lipinski definition) is 0. The second kappa shape index (κ2) is 7.53. The van der Waals surface area contributed by atoms with Gasteiger partial charge in [-0.2, -0.15) is 0 Å². The van der Waals surface area contributed by atoms with E-state index in [0.717, 1.165) is 18.4 Å². The standard InChI is InChI=1S/C19H21FN2O2/c1-24-18-13-22(19(23)15-6-9-21-10-7-15)11-8-16(18)12-14-2-4-17(20)5-3-14/h2-7,9-10,16,18H,8,11-13H2,1H3/t16-,18-/m1/s1. The third-order valence-electron chi connectivity index (χ3n) is 4.62. The predicted molar refractivity (Wildman–Crippen MR) is 89.1 cm³/mol. The lowest BCUT2D eigenvalue weighted by atomic mass is 9.87. The molecule has 0 spiro atoms. The topological polar surface area (TPSA) is 42.4 Å². The highest BCUT2D eigenvalue weighted by atomic mass is 19.1. The summed E-state index contributed by atoms with van der Waals surface area (Å²) in [4.78, 5) is 18.3. The number of likely N-dealkylation sites (tertiary alicyclic amines) is 1. The van der Waals surface area contributed by atoms with Gasteiger partial charge in [0.1, 0.15) is 5.82 Å². The van der Waals surface area contributed by atoms with E-state index in [0.29, 0.717) is 24.6 Å². The zero-order chi connectivity index (χ0) is 16.9. The van der Waals surface area contributed by atoms with Crippen molar-refractivity contribution in [3.05, 3.63) is 65.7 Å². The van der Waals surface area contributed by atoms with Crippen LogP contribution in [0.25, 0.3) is 0 Å². The molecule has 0 radical (unpaired) electrons. The van der Waals surface area contributed by atoms with Crippen LogP contribution < -0.4 is 0 Å². The summed E-state index contributed by atoms with van der Waals surface area (Å²) in [5, 5.41) is 0. The first kappa shape index (κ1) is 16.6. The Kier molecular flexibility index (Phi) is 5.20. The summed E-state index contributed by atoms with van der Waals surface area (Å²) in [6.07, 6.45) is 4.93. The molecule has 1 aromatic carbocycles. The van der Waals surface area contributed by atoms with Crippen molar-refractivity contribution in [3.8, 4) is 0 Å². The van der Waals surface area contributed by atoms with E-state index < -0.39 is 0 Å². The van der Waals surface area contributed by atoms with Crippen LogP contribution in [-0.2, 0) is 11.2 Å². The van der Waals surface area contributed by atoms with Gasteiger partial charge < -0.3 is 9.64 Å². The lowest BCUT2D eigenvalue weighted by Crippen LogP contribution is -2.48. The first-order chi connectivity index (χ1) is 11.7. The second-order valence-corrected chi connectivity index (χ2v) is 6.14. The molecule has 4 nitrogen and oxygen atoms in total. The average Bonchev–Trinajstić information content (AvgIpc) is 2.64. The molecule has 0 bridgehead atoms. The van der Waals surface area contributed by atoms with E-state index in [1.807, 2.05) is 17.0 Å².